The number of anilines is 2. The van der Waals surface area contributed by atoms with Crippen LogP contribution in [-0.4, -0.2) is 25.8 Å². The van der Waals surface area contributed by atoms with Gasteiger partial charge in [-0.3, -0.25) is 0 Å². The predicted octanol–water partition coefficient (Wildman–Crippen LogP) is 2.02. The van der Waals surface area contributed by atoms with Crippen molar-refractivity contribution in [2.45, 2.75) is 25.5 Å². The Hall–Kier alpha value is -1.29. The molecular formula is C12H17FN2O. The highest BCUT2D eigenvalue weighted by Gasteiger charge is 2.28. The van der Waals surface area contributed by atoms with Crippen molar-refractivity contribution in [1.29, 1.82) is 0 Å². The van der Waals surface area contributed by atoms with E-state index >= 15 is 0 Å². The van der Waals surface area contributed by atoms with Crippen LogP contribution in [0, 0.1) is 5.82 Å². The van der Waals surface area contributed by atoms with Crippen LogP contribution < -0.4 is 10.6 Å². The third-order valence-corrected chi connectivity index (χ3v) is 3.20. The average Bonchev–Trinajstić information content (AvgIpc) is 2.63. The molecule has 4 heteroatoms. The number of nitrogens with two attached hydrogens (primary N) is 1. The number of likely N-dealkylation sites (N-methyl/N-ethyl adjacent to an activating group) is 1. The molecule has 2 atom stereocenters. The Kier molecular flexibility index (Phi) is 3.01. The molecule has 0 spiro atoms. The lowest BCUT2D eigenvalue weighted by Gasteiger charge is -2.29. The number of ether oxygens (including phenoxy) is 1. The molecular weight excluding hydrogens is 207 g/mol. The number of hydrogen-bond acceptors (Lipinski definition) is 3. The Balaban J connectivity index is 2.23. The standard InChI is InChI=1S/C12H17FN2O/c1-8-11(5-6-16-8)15(2)12-4-3-9(13)7-10(12)14/h3-4,7-8,11H,5-6,14H2,1-2H3. The summed E-state index contributed by atoms with van der Waals surface area (Å²) in [5.74, 6) is -0.301. The minimum absolute atomic E-state index is 0.189. The number of nitrogens with zero attached hydrogens (tertiary/aromatic N) is 1. The van der Waals surface area contributed by atoms with Crippen molar-refractivity contribution in [2.75, 3.05) is 24.3 Å². The van der Waals surface area contributed by atoms with E-state index in [1.807, 2.05) is 14.0 Å². The van der Waals surface area contributed by atoms with Crippen LogP contribution in [-0.2, 0) is 4.74 Å². The van der Waals surface area contributed by atoms with Gasteiger partial charge in [0, 0.05) is 13.7 Å². The fourth-order valence-electron chi connectivity index (χ4n) is 2.25. The van der Waals surface area contributed by atoms with Gasteiger partial charge in [0.25, 0.3) is 0 Å². The summed E-state index contributed by atoms with van der Waals surface area (Å²) in [4.78, 5) is 2.08. The van der Waals surface area contributed by atoms with Gasteiger partial charge in [0.15, 0.2) is 0 Å². The molecule has 2 N–H and O–H groups in total. The maximum absolute atomic E-state index is 12.9. The lowest BCUT2D eigenvalue weighted by Crippen LogP contribution is -2.37. The van der Waals surface area contributed by atoms with Gasteiger partial charge in [0.1, 0.15) is 5.82 Å². The second-order valence-corrected chi connectivity index (χ2v) is 4.25. The molecule has 3 nitrogen and oxygen atoms in total. The van der Waals surface area contributed by atoms with Gasteiger partial charge < -0.3 is 15.4 Å². The molecule has 0 saturated carbocycles. The smallest absolute Gasteiger partial charge is 0.125 e. The molecule has 1 aliphatic heterocycles. The van der Waals surface area contributed by atoms with Gasteiger partial charge in [-0.05, 0) is 31.5 Å². The second-order valence-electron chi connectivity index (χ2n) is 4.25. The summed E-state index contributed by atoms with van der Waals surface area (Å²) in [7, 11) is 1.97. The molecule has 0 bridgehead atoms. The number of halogens is 1. The number of nitrogen functional groups attached to an aromatic ring is 1. The van der Waals surface area contributed by atoms with E-state index in [9.17, 15) is 4.39 Å². The molecule has 1 heterocycles. The van der Waals surface area contributed by atoms with Crippen molar-refractivity contribution in [3.8, 4) is 0 Å². The summed E-state index contributed by atoms with van der Waals surface area (Å²) < 4.78 is 18.5. The Morgan fingerprint density at radius 1 is 1.50 bits per heavy atom. The maximum atomic E-state index is 12.9. The first kappa shape index (κ1) is 11.2. The van der Waals surface area contributed by atoms with E-state index in [2.05, 4.69) is 4.90 Å². The molecule has 1 fully saturated rings. The van der Waals surface area contributed by atoms with Crippen LogP contribution >= 0.6 is 0 Å². The minimum Gasteiger partial charge on any atom is -0.397 e. The van der Waals surface area contributed by atoms with E-state index < -0.39 is 0 Å². The third-order valence-electron chi connectivity index (χ3n) is 3.20. The van der Waals surface area contributed by atoms with Gasteiger partial charge >= 0.3 is 0 Å². The molecule has 16 heavy (non-hydrogen) atoms. The van der Waals surface area contributed by atoms with Crippen molar-refractivity contribution < 1.29 is 9.13 Å². The van der Waals surface area contributed by atoms with Gasteiger partial charge in [-0.25, -0.2) is 4.39 Å². The van der Waals surface area contributed by atoms with Crippen LogP contribution in [0.25, 0.3) is 0 Å². The normalized spacial score (nSPS) is 24.7. The largest absolute Gasteiger partial charge is 0.397 e. The first-order chi connectivity index (χ1) is 7.59. The van der Waals surface area contributed by atoms with E-state index in [4.69, 9.17) is 10.5 Å². The van der Waals surface area contributed by atoms with Gasteiger partial charge in [0.05, 0.1) is 23.5 Å². The van der Waals surface area contributed by atoms with Crippen LogP contribution in [0.15, 0.2) is 18.2 Å². The third kappa shape index (κ3) is 1.97. The zero-order valence-electron chi connectivity index (χ0n) is 9.61. The molecule has 88 valence electrons. The van der Waals surface area contributed by atoms with Crippen LogP contribution in [0.4, 0.5) is 15.8 Å². The molecule has 1 aromatic rings. The van der Waals surface area contributed by atoms with Crippen molar-refractivity contribution in [3.05, 3.63) is 24.0 Å². The Morgan fingerprint density at radius 3 is 2.81 bits per heavy atom. The summed E-state index contributed by atoms with van der Waals surface area (Å²) in [5, 5.41) is 0. The van der Waals surface area contributed by atoms with E-state index in [1.54, 1.807) is 6.07 Å². The van der Waals surface area contributed by atoms with E-state index in [0.717, 1.165) is 18.7 Å². The highest BCUT2D eigenvalue weighted by molar-refractivity contribution is 5.67. The van der Waals surface area contributed by atoms with Crippen molar-refractivity contribution in [2.24, 2.45) is 0 Å². The van der Waals surface area contributed by atoms with Crippen molar-refractivity contribution in [1.82, 2.24) is 0 Å². The molecule has 0 amide bonds. The Morgan fingerprint density at radius 2 is 2.25 bits per heavy atom. The molecule has 0 aromatic heterocycles. The number of rotatable bonds is 2. The highest BCUT2D eigenvalue weighted by Crippen LogP contribution is 2.29. The van der Waals surface area contributed by atoms with E-state index in [0.29, 0.717) is 11.7 Å². The lowest BCUT2D eigenvalue weighted by atomic mass is 10.1. The van der Waals surface area contributed by atoms with Gasteiger partial charge in [-0.15, -0.1) is 0 Å². The van der Waals surface area contributed by atoms with Gasteiger partial charge in [0.2, 0.25) is 0 Å². The number of hydrogen-bond donors (Lipinski definition) is 1. The molecule has 0 radical (unpaired) electrons. The average molecular weight is 224 g/mol. The zero-order valence-corrected chi connectivity index (χ0v) is 9.61. The quantitative estimate of drug-likeness (QED) is 0.781. The molecule has 2 rings (SSSR count). The first-order valence-electron chi connectivity index (χ1n) is 5.49. The van der Waals surface area contributed by atoms with Gasteiger partial charge in [-0.1, -0.05) is 0 Å². The highest BCUT2D eigenvalue weighted by atomic mass is 19.1. The minimum atomic E-state index is -0.301. The van der Waals surface area contributed by atoms with Crippen LogP contribution in [0.1, 0.15) is 13.3 Å². The summed E-state index contributed by atoms with van der Waals surface area (Å²) in [6.07, 6.45) is 1.17. The summed E-state index contributed by atoms with van der Waals surface area (Å²) in [5.41, 5.74) is 7.15. The Labute approximate surface area is 95.0 Å². The van der Waals surface area contributed by atoms with Crippen LogP contribution in [0.5, 0.6) is 0 Å². The lowest BCUT2D eigenvalue weighted by molar-refractivity contribution is 0.118. The first-order valence-corrected chi connectivity index (χ1v) is 5.49. The van der Waals surface area contributed by atoms with E-state index in [-0.39, 0.29) is 11.9 Å². The summed E-state index contributed by atoms with van der Waals surface area (Å²) in [6.45, 7) is 2.82. The molecule has 0 aliphatic carbocycles. The summed E-state index contributed by atoms with van der Waals surface area (Å²) >= 11 is 0. The number of benzene rings is 1. The molecule has 2 unspecified atom stereocenters. The van der Waals surface area contributed by atoms with Crippen LogP contribution in [0.3, 0.4) is 0 Å². The Bertz CT molecular complexity index is 383. The maximum Gasteiger partial charge on any atom is 0.125 e. The van der Waals surface area contributed by atoms with Gasteiger partial charge in [-0.2, -0.15) is 0 Å². The molecule has 1 saturated heterocycles. The fraction of sp³-hybridized carbons (Fsp3) is 0.500. The molecule has 1 aromatic carbocycles. The zero-order chi connectivity index (χ0) is 11.7. The second kappa shape index (κ2) is 4.29. The topological polar surface area (TPSA) is 38.5 Å². The fourth-order valence-corrected chi connectivity index (χ4v) is 2.25. The monoisotopic (exact) mass is 224 g/mol. The SMILES string of the molecule is CC1OCCC1N(C)c1ccc(F)cc1N. The summed E-state index contributed by atoms with van der Waals surface area (Å²) in [6, 6.07) is 4.82. The van der Waals surface area contributed by atoms with Crippen LogP contribution in [0.2, 0.25) is 0 Å². The van der Waals surface area contributed by atoms with E-state index in [1.165, 1.54) is 12.1 Å². The molecule has 1 aliphatic rings. The predicted molar refractivity (Wildman–Crippen MR) is 63.0 cm³/mol. The van der Waals surface area contributed by atoms with Crippen molar-refractivity contribution in [3.63, 3.8) is 0 Å². The van der Waals surface area contributed by atoms with Crippen molar-refractivity contribution >= 4 is 11.4 Å².